The van der Waals surface area contributed by atoms with Crippen LogP contribution in [0.15, 0.2) is 0 Å². The van der Waals surface area contributed by atoms with E-state index in [1.54, 1.807) is 0 Å². The summed E-state index contributed by atoms with van der Waals surface area (Å²) < 4.78 is 10.6. The van der Waals surface area contributed by atoms with Gasteiger partial charge in [0.1, 0.15) is 9.28 Å². The molecule has 6 heteroatoms. The summed E-state index contributed by atoms with van der Waals surface area (Å²) in [7, 11) is -0.409. The molecule has 0 fully saturated rings. The maximum Gasteiger partial charge on any atom is 0.302 e. The van der Waals surface area contributed by atoms with Crippen molar-refractivity contribution in [3.8, 4) is 0 Å². The van der Waals surface area contributed by atoms with Gasteiger partial charge in [0.25, 0.3) is 0 Å². The van der Waals surface area contributed by atoms with Crippen LogP contribution in [0.25, 0.3) is 0 Å². The average Bonchev–Trinajstić information content (AvgIpc) is 1.85. The molecule has 0 aromatic heterocycles. The molecule has 0 spiro atoms. The molecule has 0 rings (SSSR count). The highest BCUT2D eigenvalue weighted by molar-refractivity contribution is 6.91. The first kappa shape index (κ1) is 12.1. The van der Waals surface area contributed by atoms with Crippen LogP contribution in [0.1, 0.15) is 6.92 Å². The second-order valence-corrected chi connectivity index (χ2v) is 10.8. The summed E-state index contributed by atoms with van der Waals surface area (Å²) in [5.74, 6) is -0.192. The van der Waals surface area contributed by atoms with Gasteiger partial charge in [0, 0.05) is 16.7 Å². The highest BCUT2D eigenvalue weighted by Crippen LogP contribution is 2.09. The summed E-state index contributed by atoms with van der Waals surface area (Å²) >= 11 is 0. The van der Waals surface area contributed by atoms with Crippen LogP contribution in [0, 0.1) is 0 Å². The van der Waals surface area contributed by atoms with E-state index in [1.807, 2.05) is 0 Å². The summed E-state index contributed by atoms with van der Waals surface area (Å²) in [5.41, 5.74) is 0. The van der Waals surface area contributed by atoms with Crippen molar-refractivity contribution in [2.75, 3.05) is 6.61 Å². The molecule has 12 heavy (non-hydrogen) atoms. The zero-order valence-corrected chi connectivity index (χ0v) is 12.8. The van der Waals surface area contributed by atoms with Crippen molar-refractivity contribution >= 4 is 33.3 Å². The summed E-state index contributed by atoms with van der Waals surface area (Å²) in [6, 6.07) is 0.932. The number of hydrogen-bond acceptors (Lipinski definition) is 3. The van der Waals surface area contributed by atoms with Crippen LogP contribution in [0.5, 0.6) is 0 Å². The van der Waals surface area contributed by atoms with Crippen molar-refractivity contribution < 1.29 is 13.6 Å². The molecule has 0 aliphatic carbocycles. The molecular formula is C6H18O3Si3. The summed E-state index contributed by atoms with van der Waals surface area (Å²) in [4.78, 5) is 10.5. The van der Waals surface area contributed by atoms with Crippen molar-refractivity contribution in [3.05, 3.63) is 0 Å². The number of carbonyl (C=O) groups is 1. The molecule has 0 heterocycles. The second-order valence-electron chi connectivity index (χ2n) is 3.28. The molecule has 0 radical (unpaired) electrons. The zero-order chi connectivity index (χ0) is 9.61. The standard InChI is InChI=1S/C6H18O3Si3/c1-6(7)8-4-5-12(2,3)9-11-10/h4-5,11H2,1-3,10H3. The minimum absolute atomic E-state index is 0.177. The topological polar surface area (TPSA) is 35.5 Å². The SMILES string of the molecule is CC(=O)OCC[Si](C)(C)O[SiH2][SiH3]. The molecule has 0 unspecified atom stereocenters. The third-order valence-electron chi connectivity index (χ3n) is 1.54. The third kappa shape index (κ3) is 6.77. The van der Waals surface area contributed by atoms with Gasteiger partial charge in [-0.2, -0.15) is 0 Å². The van der Waals surface area contributed by atoms with Gasteiger partial charge < -0.3 is 8.85 Å². The third-order valence-corrected chi connectivity index (χ3v) is 9.83. The van der Waals surface area contributed by atoms with Gasteiger partial charge in [-0.25, -0.2) is 0 Å². The number of ether oxygens (including phenoxy) is 1. The Labute approximate surface area is 80.1 Å². The fourth-order valence-electron chi connectivity index (χ4n) is 0.903. The lowest BCUT2D eigenvalue weighted by molar-refractivity contribution is -0.140. The Morgan fingerprint density at radius 2 is 2.17 bits per heavy atom. The Balaban J connectivity index is 3.53. The van der Waals surface area contributed by atoms with Crippen molar-refractivity contribution in [2.45, 2.75) is 26.1 Å². The highest BCUT2D eigenvalue weighted by Gasteiger charge is 2.20. The van der Waals surface area contributed by atoms with Crippen molar-refractivity contribution in [2.24, 2.45) is 0 Å². The molecule has 0 amide bonds. The van der Waals surface area contributed by atoms with Gasteiger partial charge in [0.2, 0.25) is 0 Å². The van der Waals surface area contributed by atoms with Crippen molar-refractivity contribution in [3.63, 3.8) is 0 Å². The van der Waals surface area contributed by atoms with Crippen molar-refractivity contribution in [1.82, 2.24) is 0 Å². The Kier molecular flexibility index (Phi) is 5.72. The molecule has 0 bridgehead atoms. The fourth-order valence-corrected chi connectivity index (χ4v) is 12.2. The van der Waals surface area contributed by atoms with Crippen molar-refractivity contribution in [1.29, 1.82) is 0 Å². The maximum atomic E-state index is 10.5. The van der Waals surface area contributed by atoms with Gasteiger partial charge in [-0.15, -0.1) is 0 Å². The van der Waals surface area contributed by atoms with Crippen LogP contribution < -0.4 is 0 Å². The predicted molar refractivity (Wildman–Crippen MR) is 58.5 cm³/mol. The lowest BCUT2D eigenvalue weighted by atomic mass is 10.8. The average molecular weight is 222 g/mol. The smallest absolute Gasteiger partial charge is 0.302 e. The van der Waals surface area contributed by atoms with E-state index < -0.39 is 8.32 Å². The van der Waals surface area contributed by atoms with Crippen LogP contribution in [0.2, 0.25) is 19.1 Å². The second kappa shape index (κ2) is 5.68. The Morgan fingerprint density at radius 1 is 1.58 bits per heavy atom. The van der Waals surface area contributed by atoms with E-state index in [0.29, 0.717) is 6.61 Å². The summed E-state index contributed by atoms with van der Waals surface area (Å²) in [6.45, 7) is 6.34. The Hall–Kier alpha value is 0.0806. The lowest BCUT2D eigenvalue weighted by Gasteiger charge is -2.21. The highest BCUT2D eigenvalue weighted by atomic mass is 29.1. The lowest BCUT2D eigenvalue weighted by Crippen LogP contribution is -2.33. The van der Waals surface area contributed by atoms with Gasteiger partial charge in [-0.05, 0) is 19.1 Å². The van der Waals surface area contributed by atoms with Crippen LogP contribution in [-0.4, -0.2) is 39.9 Å². The molecular weight excluding hydrogens is 204 g/mol. The molecule has 3 nitrogen and oxygen atoms in total. The van der Waals surface area contributed by atoms with Gasteiger partial charge in [0.05, 0.1) is 6.61 Å². The summed E-state index contributed by atoms with van der Waals surface area (Å²) in [5, 5.41) is 0. The molecule has 0 aromatic carbocycles. The van der Waals surface area contributed by atoms with Gasteiger partial charge in [-0.1, -0.05) is 0 Å². The molecule has 0 saturated heterocycles. The Bertz CT molecular complexity index is 149. The quantitative estimate of drug-likeness (QED) is 0.448. The Morgan fingerprint density at radius 3 is 2.58 bits per heavy atom. The monoisotopic (exact) mass is 222 g/mol. The molecule has 0 aliphatic heterocycles. The fraction of sp³-hybridized carbons (Fsp3) is 0.833. The van der Waals surface area contributed by atoms with E-state index in [1.165, 1.54) is 16.7 Å². The number of rotatable bonds is 5. The minimum Gasteiger partial charge on any atom is -0.466 e. The van der Waals surface area contributed by atoms with E-state index in [9.17, 15) is 4.79 Å². The molecule has 0 atom stereocenters. The van der Waals surface area contributed by atoms with E-state index in [0.717, 1.165) is 6.04 Å². The molecule has 0 N–H and O–H groups in total. The van der Waals surface area contributed by atoms with Crippen LogP contribution >= 0.6 is 0 Å². The number of carbonyl (C=O) groups excluding carboxylic acids is 1. The molecule has 0 saturated carbocycles. The number of hydrogen-bond donors (Lipinski definition) is 0. The van der Waals surface area contributed by atoms with E-state index >= 15 is 0 Å². The predicted octanol–water partition coefficient (Wildman–Crippen LogP) is -0.865. The van der Waals surface area contributed by atoms with Gasteiger partial charge in [-0.3, -0.25) is 4.79 Å². The van der Waals surface area contributed by atoms with E-state index in [4.69, 9.17) is 8.85 Å². The maximum absolute atomic E-state index is 10.5. The first-order valence-corrected chi connectivity index (χ1v) is 13.6. The minimum atomic E-state index is -1.45. The van der Waals surface area contributed by atoms with Gasteiger partial charge in [0.15, 0.2) is 8.32 Å². The first-order valence-electron chi connectivity index (χ1n) is 4.25. The molecule has 72 valence electrons. The molecule has 0 aliphatic rings. The largest absolute Gasteiger partial charge is 0.466 e. The van der Waals surface area contributed by atoms with E-state index in [2.05, 4.69) is 13.1 Å². The summed E-state index contributed by atoms with van der Waals surface area (Å²) in [6.07, 6.45) is 0. The van der Waals surface area contributed by atoms with Crippen LogP contribution in [0.4, 0.5) is 0 Å². The first-order chi connectivity index (χ1) is 5.48. The van der Waals surface area contributed by atoms with E-state index in [-0.39, 0.29) is 15.2 Å². The number of esters is 1. The van der Waals surface area contributed by atoms with Crippen LogP contribution in [0.3, 0.4) is 0 Å². The van der Waals surface area contributed by atoms with Crippen LogP contribution in [-0.2, 0) is 13.6 Å². The normalized spacial score (nSPS) is 12.6. The zero-order valence-electron chi connectivity index (χ0n) is 8.35. The van der Waals surface area contributed by atoms with Gasteiger partial charge >= 0.3 is 5.97 Å². The molecule has 0 aromatic rings.